The van der Waals surface area contributed by atoms with Gasteiger partial charge < -0.3 is 10.2 Å². The molecule has 31 heavy (non-hydrogen) atoms. The Bertz CT molecular complexity index is 1180. The molecule has 1 atom stereocenters. The highest BCUT2D eigenvalue weighted by atomic mass is 32.2. The van der Waals surface area contributed by atoms with Crippen molar-refractivity contribution in [2.75, 3.05) is 11.4 Å². The van der Waals surface area contributed by atoms with E-state index < -0.39 is 10.8 Å². The summed E-state index contributed by atoms with van der Waals surface area (Å²) in [6, 6.07) is 17.5. The highest BCUT2D eigenvalue weighted by molar-refractivity contribution is 7.85. The fraction of sp³-hybridized carbons (Fsp3) is 0.167. The zero-order valence-corrected chi connectivity index (χ0v) is 17.7. The lowest BCUT2D eigenvalue weighted by atomic mass is 10.1. The number of rotatable bonds is 5. The van der Waals surface area contributed by atoms with Crippen molar-refractivity contribution in [2.24, 2.45) is 0 Å². The van der Waals surface area contributed by atoms with Crippen LogP contribution in [0.25, 0.3) is 0 Å². The van der Waals surface area contributed by atoms with E-state index in [0.29, 0.717) is 38.7 Å². The van der Waals surface area contributed by atoms with E-state index in [0.717, 1.165) is 6.42 Å². The molecular weight excluding hydrogens is 415 g/mol. The van der Waals surface area contributed by atoms with E-state index in [9.17, 15) is 18.2 Å². The van der Waals surface area contributed by atoms with Crippen LogP contribution in [0.5, 0.6) is 0 Å². The molecule has 1 N–H and O–H groups in total. The predicted molar refractivity (Wildman–Crippen MR) is 117 cm³/mol. The maximum Gasteiger partial charge on any atom is 0.259 e. The number of amides is 2. The monoisotopic (exact) mass is 436 g/mol. The van der Waals surface area contributed by atoms with Gasteiger partial charge in [0.2, 0.25) is 0 Å². The fourth-order valence-corrected chi connectivity index (χ4v) is 4.82. The van der Waals surface area contributed by atoms with E-state index in [4.69, 9.17) is 0 Å². The second-order valence-corrected chi connectivity index (χ2v) is 8.64. The topological polar surface area (TPSA) is 66.5 Å². The van der Waals surface area contributed by atoms with Crippen molar-refractivity contribution in [2.45, 2.75) is 29.7 Å². The summed E-state index contributed by atoms with van der Waals surface area (Å²) in [5.41, 5.74) is 1.85. The summed E-state index contributed by atoms with van der Waals surface area (Å²) < 4.78 is 26.7. The first-order valence-corrected chi connectivity index (χ1v) is 11.1. The minimum Gasteiger partial charge on any atom is -0.352 e. The smallest absolute Gasteiger partial charge is 0.259 e. The third-order valence-corrected chi connectivity index (χ3v) is 6.56. The molecule has 2 amide bonds. The molecule has 4 rings (SSSR count). The first-order valence-electron chi connectivity index (χ1n) is 9.99. The van der Waals surface area contributed by atoms with Gasteiger partial charge in [0.25, 0.3) is 11.8 Å². The largest absolute Gasteiger partial charge is 0.352 e. The Kier molecular flexibility index (Phi) is 5.95. The predicted octanol–water partition coefficient (Wildman–Crippen LogP) is 4.29. The van der Waals surface area contributed by atoms with Gasteiger partial charge in [0, 0.05) is 12.1 Å². The van der Waals surface area contributed by atoms with Crippen molar-refractivity contribution in [1.29, 1.82) is 0 Å². The van der Waals surface area contributed by atoms with Crippen LogP contribution in [-0.4, -0.2) is 22.6 Å². The Morgan fingerprint density at radius 1 is 1.03 bits per heavy atom. The average molecular weight is 437 g/mol. The number of nitrogens with one attached hydrogen (secondary N) is 1. The van der Waals surface area contributed by atoms with Crippen molar-refractivity contribution in [1.82, 2.24) is 5.32 Å². The number of hydrogen-bond acceptors (Lipinski definition) is 3. The zero-order chi connectivity index (χ0) is 22.0. The minimum atomic E-state index is -1.59. The van der Waals surface area contributed by atoms with Crippen LogP contribution in [0.1, 0.15) is 39.6 Å². The lowest BCUT2D eigenvalue weighted by Gasteiger charge is -2.23. The summed E-state index contributed by atoms with van der Waals surface area (Å²) >= 11 is 0. The second-order valence-electron chi connectivity index (χ2n) is 7.22. The van der Waals surface area contributed by atoms with Gasteiger partial charge in [-0.05, 0) is 54.4 Å². The van der Waals surface area contributed by atoms with E-state index >= 15 is 0 Å². The third kappa shape index (κ3) is 4.14. The summed E-state index contributed by atoms with van der Waals surface area (Å²) in [4.78, 5) is 28.4. The van der Waals surface area contributed by atoms with Crippen LogP contribution < -0.4 is 10.2 Å². The number of carbonyl (C=O) groups is 2. The normalized spacial score (nSPS) is 15.1. The van der Waals surface area contributed by atoms with Gasteiger partial charge in [0.1, 0.15) is 5.82 Å². The molecule has 7 heteroatoms. The second kappa shape index (κ2) is 8.81. The van der Waals surface area contributed by atoms with E-state index in [1.807, 2.05) is 6.92 Å². The SMILES string of the molecule is CCCNC(=O)c1ccc2c(c1)N(Cc1ccc(F)cc1)C(=O)c1ccccc1S2=O. The van der Waals surface area contributed by atoms with Gasteiger partial charge in [-0.15, -0.1) is 0 Å². The number of anilines is 1. The van der Waals surface area contributed by atoms with E-state index in [2.05, 4.69) is 5.32 Å². The van der Waals surface area contributed by atoms with Crippen molar-refractivity contribution in [3.63, 3.8) is 0 Å². The molecule has 0 fully saturated rings. The van der Waals surface area contributed by atoms with Gasteiger partial charge in [0.15, 0.2) is 0 Å². The molecular formula is C24H21FN2O3S. The van der Waals surface area contributed by atoms with Crippen LogP contribution in [0.4, 0.5) is 10.1 Å². The standard InChI is InChI=1S/C24H21FN2O3S/c1-2-13-26-23(28)17-9-12-22-20(14-17)27(15-16-7-10-18(25)11-8-16)24(29)19-5-3-4-6-21(19)31(22)30/h3-12,14H,2,13,15H2,1H3,(H,26,28). The van der Waals surface area contributed by atoms with Gasteiger partial charge in [-0.2, -0.15) is 0 Å². The molecule has 3 aromatic rings. The van der Waals surface area contributed by atoms with Gasteiger partial charge in [0.05, 0.1) is 38.4 Å². The summed E-state index contributed by atoms with van der Waals surface area (Å²) in [5, 5.41) is 2.82. The van der Waals surface area contributed by atoms with Crippen molar-refractivity contribution < 1.29 is 18.2 Å². The van der Waals surface area contributed by atoms with Crippen LogP contribution in [0.15, 0.2) is 76.5 Å². The molecule has 158 valence electrons. The summed E-state index contributed by atoms with van der Waals surface area (Å²) in [6.07, 6.45) is 0.797. The van der Waals surface area contributed by atoms with Crippen LogP contribution in [0.3, 0.4) is 0 Å². The van der Waals surface area contributed by atoms with Crippen molar-refractivity contribution >= 4 is 28.3 Å². The third-order valence-electron chi connectivity index (χ3n) is 5.06. The molecule has 0 aliphatic carbocycles. The first kappa shape index (κ1) is 20.9. The van der Waals surface area contributed by atoms with Gasteiger partial charge in [-0.3, -0.25) is 9.59 Å². The van der Waals surface area contributed by atoms with Crippen LogP contribution in [0.2, 0.25) is 0 Å². The zero-order valence-electron chi connectivity index (χ0n) is 16.9. The molecule has 0 bridgehead atoms. The Labute approximate surface area is 182 Å². The molecule has 1 heterocycles. The molecule has 0 saturated carbocycles. The number of benzene rings is 3. The van der Waals surface area contributed by atoms with E-state index in [1.165, 1.54) is 17.0 Å². The summed E-state index contributed by atoms with van der Waals surface area (Å²) in [6.45, 7) is 2.64. The summed E-state index contributed by atoms with van der Waals surface area (Å²) in [7, 11) is -1.59. The highest BCUT2D eigenvalue weighted by Crippen LogP contribution is 2.36. The molecule has 5 nitrogen and oxygen atoms in total. The Balaban J connectivity index is 1.84. The van der Waals surface area contributed by atoms with E-state index in [1.54, 1.807) is 54.6 Å². The molecule has 0 saturated heterocycles. The van der Waals surface area contributed by atoms with Crippen LogP contribution in [0, 0.1) is 5.82 Å². The highest BCUT2D eigenvalue weighted by Gasteiger charge is 2.31. The van der Waals surface area contributed by atoms with Crippen LogP contribution in [-0.2, 0) is 17.3 Å². The minimum absolute atomic E-state index is 0.150. The Hall–Kier alpha value is -3.32. The number of nitrogens with zero attached hydrogens (tertiary/aromatic N) is 1. The molecule has 0 spiro atoms. The Morgan fingerprint density at radius 2 is 1.77 bits per heavy atom. The van der Waals surface area contributed by atoms with Crippen molar-refractivity contribution in [3.8, 4) is 0 Å². The lowest BCUT2D eigenvalue weighted by Crippen LogP contribution is -2.31. The lowest BCUT2D eigenvalue weighted by molar-refractivity contribution is 0.0950. The summed E-state index contributed by atoms with van der Waals surface area (Å²) in [5.74, 6) is -0.947. The van der Waals surface area contributed by atoms with E-state index in [-0.39, 0.29) is 24.2 Å². The van der Waals surface area contributed by atoms with Gasteiger partial charge in [-0.25, -0.2) is 8.60 Å². The Morgan fingerprint density at radius 3 is 2.52 bits per heavy atom. The number of halogens is 1. The molecule has 0 aromatic heterocycles. The fourth-order valence-electron chi connectivity index (χ4n) is 3.47. The maximum absolute atomic E-state index is 13.5. The number of fused-ring (bicyclic) bond motifs is 2. The molecule has 1 unspecified atom stereocenters. The maximum atomic E-state index is 13.5. The molecule has 3 aromatic carbocycles. The molecule has 0 radical (unpaired) electrons. The van der Waals surface area contributed by atoms with Crippen molar-refractivity contribution in [3.05, 3.63) is 89.2 Å². The molecule has 1 aliphatic rings. The van der Waals surface area contributed by atoms with Gasteiger partial charge in [-0.1, -0.05) is 31.2 Å². The number of carbonyl (C=O) groups excluding carboxylic acids is 2. The quantitative estimate of drug-likeness (QED) is 0.649. The average Bonchev–Trinajstić information content (AvgIpc) is 2.88. The van der Waals surface area contributed by atoms with Crippen LogP contribution >= 0.6 is 0 Å². The van der Waals surface area contributed by atoms with Gasteiger partial charge >= 0.3 is 0 Å². The first-order chi connectivity index (χ1) is 15.0. The number of hydrogen-bond donors (Lipinski definition) is 1. The molecule has 1 aliphatic heterocycles.